The number of hydrogen-bond donors (Lipinski definition) is 2. The number of ether oxygens (including phenoxy) is 1. The molecule has 0 bridgehead atoms. The van der Waals surface area contributed by atoms with Gasteiger partial charge in [-0.25, -0.2) is 0 Å². The number of amides is 1. The van der Waals surface area contributed by atoms with E-state index in [2.05, 4.69) is 32.4 Å². The quantitative estimate of drug-likeness (QED) is 0.819. The molecule has 1 fully saturated rings. The molecule has 1 aromatic heterocycles. The summed E-state index contributed by atoms with van der Waals surface area (Å²) in [5.74, 6) is -0.166. The number of nitrogens with zero attached hydrogens (tertiary/aromatic N) is 2. The number of carbonyl (C=O) groups is 1. The molecule has 1 amide bonds. The molecule has 6 nitrogen and oxygen atoms in total. The minimum absolute atomic E-state index is 0.166. The van der Waals surface area contributed by atoms with Crippen LogP contribution in [0.1, 0.15) is 21.7 Å². The maximum absolute atomic E-state index is 12.5. The highest BCUT2D eigenvalue weighted by Crippen LogP contribution is 2.21. The van der Waals surface area contributed by atoms with E-state index in [9.17, 15) is 4.79 Å². The van der Waals surface area contributed by atoms with Gasteiger partial charge in [0.15, 0.2) is 0 Å². The van der Waals surface area contributed by atoms with Crippen LogP contribution in [-0.2, 0) is 18.3 Å². The summed E-state index contributed by atoms with van der Waals surface area (Å²) in [7, 11) is 1.77. The summed E-state index contributed by atoms with van der Waals surface area (Å²) in [6.45, 7) is 6.50. The van der Waals surface area contributed by atoms with E-state index in [0.29, 0.717) is 5.69 Å². The molecule has 0 aliphatic carbocycles. The smallest absolute Gasteiger partial charge is 0.275 e. The highest BCUT2D eigenvalue weighted by atomic mass is 79.9. The molecule has 0 saturated carbocycles. The minimum Gasteiger partial charge on any atom is -0.370 e. The Bertz CT molecular complexity index is 738. The van der Waals surface area contributed by atoms with Gasteiger partial charge in [-0.1, -0.05) is 12.1 Å². The van der Waals surface area contributed by atoms with Crippen molar-refractivity contribution in [2.75, 3.05) is 31.6 Å². The standard InChI is InChI=1S/C17H21BrN4O2/c1-12-15(18)16(21(2)20-12)17(23)19-14-5-3-4-13(10-14)11-22-6-8-24-9-7-22/h3-5,10H,6-9,11H2,1-2H3,(H,19,23)/p+1. The topological polar surface area (TPSA) is 60.6 Å². The number of halogens is 1. The van der Waals surface area contributed by atoms with Gasteiger partial charge in [-0.05, 0) is 35.0 Å². The molecule has 1 aromatic carbocycles. The van der Waals surface area contributed by atoms with Crippen LogP contribution < -0.4 is 10.2 Å². The number of aromatic nitrogens is 2. The van der Waals surface area contributed by atoms with Crippen molar-refractivity contribution in [3.8, 4) is 0 Å². The summed E-state index contributed by atoms with van der Waals surface area (Å²) < 4.78 is 7.72. The number of anilines is 1. The zero-order valence-corrected chi connectivity index (χ0v) is 15.5. The second-order valence-electron chi connectivity index (χ2n) is 6.07. The molecule has 3 rings (SSSR count). The first-order valence-electron chi connectivity index (χ1n) is 8.05. The van der Waals surface area contributed by atoms with Crippen LogP contribution in [0.5, 0.6) is 0 Å². The molecular formula is C17H22BrN4O2+. The van der Waals surface area contributed by atoms with Gasteiger partial charge >= 0.3 is 0 Å². The van der Waals surface area contributed by atoms with Crippen molar-refractivity contribution in [3.63, 3.8) is 0 Å². The molecule has 1 aliphatic rings. The van der Waals surface area contributed by atoms with Gasteiger partial charge in [0.1, 0.15) is 25.3 Å². The van der Waals surface area contributed by atoms with E-state index in [1.54, 1.807) is 11.7 Å². The number of rotatable bonds is 4. The summed E-state index contributed by atoms with van der Waals surface area (Å²) in [5.41, 5.74) is 3.34. The van der Waals surface area contributed by atoms with Gasteiger partial charge in [0, 0.05) is 18.3 Å². The average Bonchev–Trinajstić information content (AvgIpc) is 2.81. The van der Waals surface area contributed by atoms with E-state index in [0.717, 1.165) is 48.7 Å². The Hall–Kier alpha value is -1.70. The fourth-order valence-corrected chi connectivity index (χ4v) is 3.47. The Morgan fingerprint density at radius 3 is 2.83 bits per heavy atom. The lowest BCUT2D eigenvalue weighted by Crippen LogP contribution is -3.12. The van der Waals surface area contributed by atoms with Crippen molar-refractivity contribution in [2.45, 2.75) is 13.5 Å². The second-order valence-corrected chi connectivity index (χ2v) is 6.86. The SMILES string of the molecule is Cc1nn(C)c(C(=O)Nc2cccc(C[NH+]3CCOCC3)c2)c1Br. The predicted molar refractivity (Wildman–Crippen MR) is 95.3 cm³/mol. The van der Waals surface area contributed by atoms with Crippen LogP contribution in [0.15, 0.2) is 28.7 Å². The maximum atomic E-state index is 12.5. The summed E-state index contributed by atoms with van der Waals surface area (Å²) in [4.78, 5) is 14.1. The number of morpholine rings is 1. The Morgan fingerprint density at radius 2 is 2.17 bits per heavy atom. The normalized spacial score (nSPS) is 15.5. The van der Waals surface area contributed by atoms with Crippen LogP contribution >= 0.6 is 15.9 Å². The Labute approximate surface area is 149 Å². The van der Waals surface area contributed by atoms with E-state index in [-0.39, 0.29) is 5.91 Å². The molecule has 0 unspecified atom stereocenters. The highest BCUT2D eigenvalue weighted by molar-refractivity contribution is 9.10. The Morgan fingerprint density at radius 1 is 1.42 bits per heavy atom. The van der Waals surface area contributed by atoms with Gasteiger partial charge in [-0.3, -0.25) is 9.48 Å². The zero-order chi connectivity index (χ0) is 17.1. The fraction of sp³-hybridized carbons (Fsp3) is 0.412. The van der Waals surface area contributed by atoms with Gasteiger partial charge in [-0.2, -0.15) is 5.10 Å². The summed E-state index contributed by atoms with van der Waals surface area (Å²) in [5, 5.41) is 7.23. The molecule has 24 heavy (non-hydrogen) atoms. The van der Waals surface area contributed by atoms with Crippen molar-refractivity contribution in [1.29, 1.82) is 0 Å². The van der Waals surface area contributed by atoms with Gasteiger partial charge in [0.2, 0.25) is 0 Å². The Kier molecular flexibility index (Phi) is 5.33. The number of aryl methyl sites for hydroxylation is 2. The highest BCUT2D eigenvalue weighted by Gasteiger charge is 2.19. The van der Waals surface area contributed by atoms with Crippen molar-refractivity contribution < 1.29 is 14.4 Å². The van der Waals surface area contributed by atoms with Gasteiger partial charge < -0.3 is 15.0 Å². The first-order valence-corrected chi connectivity index (χ1v) is 8.84. The number of carbonyl (C=O) groups excluding carboxylic acids is 1. The average molecular weight is 394 g/mol. The molecule has 7 heteroatoms. The van der Waals surface area contributed by atoms with Gasteiger partial charge in [0.05, 0.1) is 23.4 Å². The molecular weight excluding hydrogens is 372 g/mol. The first kappa shape index (κ1) is 17.1. The van der Waals surface area contributed by atoms with Crippen molar-refractivity contribution in [3.05, 3.63) is 45.7 Å². The lowest BCUT2D eigenvalue weighted by Gasteiger charge is -2.23. The molecule has 0 spiro atoms. The molecule has 2 heterocycles. The van der Waals surface area contributed by atoms with E-state index in [1.807, 2.05) is 25.1 Å². The number of nitrogens with one attached hydrogen (secondary N) is 2. The van der Waals surface area contributed by atoms with Crippen molar-refractivity contribution in [2.24, 2.45) is 7.05 Å². The number of hydrogen-bond acceptors (Lipinski definition) is 3. The van der Waals surface area contributed by atoms with E-state index in [1.165, 1.54) is 10.5 Å². The second kappa shape index (κ2) is 7.46. The number of quaternary nitrogens is 1. The molecule has 0 atom stereocenters. The third kappa shape index (κ3) is 3.85. The van der Waals surface area contributed by atoms with Crippen LogP contribution in [0.3, 0.4) is 0 Å². The Balaban J connectivity index is 1.71. The molecule has 2 aromatic rings. The van der Waals surface area contributed by atoms with Crippen LogP contribution in [0, 0.1) is 6.92 Å². The minimum atomic E-state index is -0.166. The predicted octanol–water partition coefficient (Wildman–Crippen LogP) is 1.16. The first-order chi connectivity index (χ1) is 11.5. The van der Waals surface area contributed by atoms with E-state index < -0.39 is 0 Å². The maximum Gasteiger partial charge on any atom is 0.275 e. The van der Waals surface area contributed by atoms with Crippen LogP contribution in [-0.4, -0.2) is 42.0 Å². The third-order valence-corrected chi connectivity index (χ3v) is 5.15. The number of benzene rings is 1. The van der Waals surface area contributed by atoms with Gasteiger partial charge in [-0.15, -0.1) is 0 Å². The lowest BCUT2D eigenvalue weighted by atomic mass is 10.1. The summed E-state index contributed by atoms with van der Waals surface area (Å²) >= 11 is 3.44. The summed E-state index contributed by atoms with van der Waals surface area (Å²) in [6.07, 6.45) is 0. The summed E-state index contributed by atoms with van der Waals surface area (Å²) in [6, 6.07) is 8.03. The molecule has 128 valence electrons. The van der Waals surface area contributed by atoms with Crippen LogP contribution in [0.25, 0.3) is 0 Å². The van der Waals surface area contributed by atoms with Gasteiger partial charge in [0.25, 0.3) is 5.91 Å². The monoisotopic (exact) mass is 393 g/mol. The molecule has 0 radical (unpaired) electrons. The van der Waals surface area contributed by atoms with E-state index in [4.69, 9.17) is 4.74 Å². The molecule has 2 N–H and O–H groups in total. The van der Waals surface area contributed by atoms with Crippen LogP contribution in [0.4, 0.5) is 5.69 Å². The lowest BCUT2D eigenvalue weighted by molar-refractivity contribution is -0.921. The van der Waals surface area contributed by atoms with Crippen molar-refractivity contribution in [1.82, 2.24) is 9.78 Å². The third-order valence-electron chi connectivity index (χ3n) is 4.20. The van der Waals surface area contributed by atoms with Crippen molar-refractivity contribution >= 4 is 27.5 Å². The zero-order valence-electron chi connectivity index (χ0n) is 13.9. The van der Waals surface area contributed by atoms with E-state index >= 15 is 0 Å². The molecule has 1 aliphatic heterocycles. The molecule has 1 saturated heterocycles. The largest absolute Gasteiger partial charge is 0.370 e. The van der Waals surface area contributed by atoms with Crippen LogP contribution in [0.2, 0.25) is 0 Å². The fourth-order valence-electron chi connectivity index (χ4n) is 2.95.